The summed E-state index contributed by atoms with van der Waals surface area (Å²) in [5.74, 6) is -0.00343. The van der Waals surface area contributed by atoms with E-state index in [0.717, 1.165) is 16.9 Å². The van der Waals surface area contributed by atoms with Gasteiger partial charge in [0.25, 0.3) is 0 Å². The molecule has 0 unspecified atom stereocenters. The van der Waals surface area contributed by atoms with E-state index < -0.39 is 0 Å². The van der Waals surface area contributed by atoms with E-state index in [2.05, 4.69) is 15.6 Å². The Bertz CT molecular complexity index is 595. The van der Waals surface area contributed by atoms with Gasteiger partial charge < -0.3 is 10.4 Å². The van der Waals surface area contributed by atoms with Crippen LogP contribution in [-0.4, -0.2) is 32.6 Å². The first-order chi connectivity index (χ1) is 10.2. The number of amides is 1. The summed E-state index contributed by atoms with van der Waals surface area (Å²) in [6.45, 7) is 2.70. The Labute approximate surface area is 123 Å². The van der Waals surface area contributed by atoms with Crippen molar-refractivity contribution in [3.63, 3.8) is 0 Å². The van der Waals surface area contributed by atoms with E-state index in [9.17, 15) is 4.79 Å². The largest absolute Gasteiger partial charge is 0.396 e. The van der Waals surface area contributed by atoms with Gasteiger partial charge in [0, 0.05) is 37.9 Å². The molecule has 0 aliphatic carbocycles. The number of aliphatic hydroxyl groups excluding tert-OH is 1. The van der Waals surface area contributed by atoms with E-state index in [4.69, 9.17) is 5.11 Å². The minimum absolute atomic E-state index is 0.00343. The van der Waals surface area contributed by atoms with Crippen LogP contribution in [0.4, 0.5) is 5.69 Å². The van der Waals surface area contributed by atoms with Crippen molar-refractivity contribution in [1.82, 2.24) is 15.0 Å². The fourth-order valence-corrected chi connectivity index (χ4v) is 2.02. The van der Waals surface area contributed by atoms with Crippen molar-refractivity contribution in [2.45, 2.75) is 32.7 Å². The van der Waals surface area contributed by atoms with E-state index in [0.29, 0.717) is 25.8 Å². The second-order valence-electron chi connectivity index (χ2n) is 4.97. The van der Waals surface area contributed by atoms with Crippen LogP contribution in [0, 0.1) is 6.92 Å². The molecule has 0 spiro atoms. The Kier molecular flexibility index (Phi) is 5.45. The van der Waals surface area contributed by atoms with Crippen LogP contribution in [0.2, 0.25) is 0 Å². The van der Waals surface area contributed by atoms with Gasteiger partial charge in [-0.05, 0) is 31.0 Å². The number of benzene rings is 1. The molecule has 1 amide bonds. The lowest BCUT2D eigenvalue weighted by molar-refractivity contribution is -0.116. The van der Waals surface area contributed by atoms with Gasteiger partial charge in [-0.25, -0.2) is 0 Å². The Morgan fingerprint density at radius 2 is 2.29 bits per heavy atom. The second-order valence-corrected chi connectivity index (χ2v) is 4.97. The fourth-order valence-electron chi connectivity index (χ4n) is 2.02. The molecular weight excluding hydrogens is 268 g/mol. The number of aryl methyl sites for hydroxylation is 2. The molecule has 1 aromatic heterocycles. The standard InChI is InChI=1S/C15H20N4O2/c1-12-4-2-5-13(10-12)16-15(21)6-3-8-19-11-14(7-9-20)17-18-19/h2,4-5,10-11,20H,3,6-9H2,1H3,(H,16,21). The summed E-state index contributed by atoms with van der Waals surface area (Å²) in [5.41, 5.74) is 2.71. The maximum absolute atomic E-state index is 11.8. The minimum Gasteiger partial charge on any atom is -0.396 e. The molecule has 6 nitrogen and oxygen atoms in total. The minimum atomic E-state index is -0.00343. The number of carbonyl (C=O) groups excluding carboxylic acids is 1. The molecule has 112 valence electrons. The van der Waals surface area contributed by atoms with Crippen LogP contribution < -0.4 is 5.32 Å². The number of aliphatic hydroxyl groups is 1. The van der Waals surface area contributed by atoms with Gasteiger partial charge >= 0.3 is 0 Å². The Hall–Kier alpha value is -2.21. The lowest BCUT2D eigenvalue weighted by atomic mass is 10.2. The highest BCUT2D eigenvalue weighted by Gasteiger charge is 2.04. The van der Waals surface area contributed by atoms with Crippen molar-refractivity contribution in [2.75, 3.05) is 11.9 Å². The summed E-state index contributed by atoms with van der Waals surface area (Å²) >= 11 is 0. The van der Waals surface area contributed by atoms with Crippen LogP contribution >= 0.6 is 0 Å². The smallest absolute Gasteiger partial charge is 0.224 e. The number of hydrogen-bond acceptors (Lipinski definition) is 4. The average Bonchev–Trinajstić information content (AvgIpc) is 2.87. The van der Waals surface area contributed by atoms with Crippen LogP contribution in [-0.2, 0) is 17.8 Å². The predicted molar refractivity (Wildman–Crippen MR) is 79.9 cm³/mol. The Morgan fingerprint density at radius 1 is 1.43 bits per heavy atom. The van der Waals surface area contributed by atoms with Crippen molar-refractivity contribution in [3.05, 3.63) is 41.7 Å². The highest BCUT2D eigenvalue weighted by atomic mass is 16.3. The van der Waals surface area contributed by atoms with Gasteiger partial charge in [-0.1, -0.05) is 17.3 Å². The molecule has 21 heavy (non-hydrogen) atoms. The SMILES string of the molecule is Cc1cccc(NC(=O)CCCn2cc(CCO)nn2)c1. The highest BCUT2D eigenvalue weighted by molar-refractivity contribution is 5.90. The quantitative estimate of drug-likeness (QED) is 0.810. The maximum atomic E-state index is 11.8. The van der Waals surface area contributed by atoms with Crippen molar-refractivity contribution in [3.8, 4) is 0 Å². The van der Waals surface area contributed by atoms with Crippen molar-refractivity contribution >= 4 is 11.6 Å². The van der Waals surface area contributed by atoms with Crippen molar-refractivity contribution in [2.24, 2.45) is 0 Å². The zero-order valence-electron chi connectivity index (χ0n) is 12.1. The molecule has 0 aliphatic rings. The molecule has 1 heterocycles. The van der Waals surface area contributed by atoms with Crippen LogP contribution in [0.3, 0.4) is 0 Å². The second kappa shape index (κ2) is 7.54. The number of anilines is 1. The first kappa shape index (κ1) is 15.2. The molecule has 6 heteroatoms. The molecule has 2 aromatic rings. The topological polar surface area (TPSA) is 80.0 Å². The van der Waals surface area contributed by atoms with E-state index in [1.165, 1.54) is 0 Å². The molecule has 2 rings (SSSR count). The van der Waals surface area contributed by atoms with E-state index in [1.54, 1.807) is 10.9 Å². The molecule has 0 saturated carbocycles. The van der Waals surface area contributed by atoms with Crippen LogP contribution in [0.25, 0.3) is 0 Å². The number of rotatable bonds is 7. The zero-order valence-corrected chi connectivity index (χ0v) is 12.1. The third-order valence-electron chi connectivity index (χ3n) is 3.05. The maximum Gasteiger partial charge on any atom is 0.224 e. The normalized spacial score (nSPS) is 10.6. The number of nitrogens with one attached hydrogen (secondary N) is 1. The summed E-state index contributed by atoms with van der Waals surface area (Å²) in [6, 6.07) is 7.73. The van der Waals surface area contributed by atoms with Gasteiger partial charge in [-0.3, -0.25) is 9.48 Å². The number of aromatic nitrogens is 3. The number of nitrogens with zero attached hydrogens (tertiary/aromatic N) is 3. The summed E-state index contributed by atoms with van der Waals surface area (Å²) in [7, 11) is 0. The number of hydrogen-bond donors (Lipinski definition) is 2. The monoisotopic (exact) mass is 288 g/mol. The first-order valence-corrected chi connectivity index (χ1v) is 7.04. The third kappa shape index (κ3) is 5.00. The van der Waals surface area contributed by atoms with Gasteiger partial charge in [0.1, 0.15) is 0 Å². The first-order valence-electron chi connectivity index (χ1n) is 7.04. The summed E-state index contributed by atoms with van der Waals surface area (Å²) in [5, 5.41) is 19.6. The van der Waals surface area contributed by atoms with Gasteiger partial charge in [0.05, 0.1) is 5.69 Å². The molecule has 0 fully saturated rings. The van der Waals surface area contributed by atoms with Crippen molar-refractivity contribution in [1.29, 1.82) is 0 Å². The molecule has 0 bridgehead atoms. The lowest BCUT2D eigenvalue weighted by Gasteiger charge is -2.05. The van der Waals surface area contributed by atoms with Gasteiger partial charge in [0.2, 0.25) is 5.91 Å². The zero-order chi connectivity index (χ0) is 15.1. The van der Waals surface area contributed by atoms with E-state index >= 15 is 0 Å². The van der Waals surface area contributed by atoms with Crippen LogP contribution in [0.1, 0.15) is 24.1 Å². The summed E-state index contributed by atoms with van der Waals surface area (Å²) < 4.78 is 1.70. The lowest BCUT2D eigenvalue weighted by Crippen LogP contribution is -2.12. The van der Waals surface area contributed by atoms with Crippen molar-refractivity contribution < 1.29 is 9.90 Å². The molecule has 0 aliphatic heterocycles. The average molecular weight is 288 g/mol. The Balaban J connectivity index is 1.73. The molecule has 1 aromatic carbocycles. The summed E-state index contributed by atoms with van der Waals surface area (Å²) in [6.07, 6.45) is 3.44. The third-order valence-corrected chi connectivity index (χ3v) is 3.05. The molecular formula is C15H20N4O2. The van der Waals surface area contributed by atoms with Crippen LogP contribution in [0.15, 0.2) is 30.5 Å². The molecule has 2 N–H and O–H groups in total. The van der Waals surface area contributed by atoms with E-state index in [-0.39, 0.29) is 12.5 Å². The fraction of sp³-hybridized carbons (Fsp3) is 0.400. The number of carbonyl (C=O) groups is 1. The molecule has 0 atom stereocenters. The predicted octanol–water partition coefficient (Wildman–Crippen LogP) is 1.54. The van der Waals surface area contributed by atoms with E-state index in [1.807, 2.05) is 31.2 Å². The molecule has 0 saturated heterocycles. The Morgan fingerprint density at radius 3 is 3.05 bits per heavy atom. The van der Waals surface area contributed by atoms with Gasteiger partial charge in [0.15, 0.2) is 0 Å². The molecule has 0 radical (unpaired) electrons. The van der Waals surface area contributed by atoms with Crippen LogP contribution in [0.5, 0.6) is 0 Å². The highest BCUT2D eigenvalue weighted by Crippen LogP contribution is 2.10. The van der Waals surface area contributed by atoms with Gasteiger partial charge in [-0.15, -0.1) is 5.10 Å². The van der Waals surface area contributed by atoms with Gasteiger partial charge in [-0.2, -0.15) is 0 Å². The summed E-state index contributed by atoms with van der Waals surface area (Å²) in [4.78, 5) is 11.8.